The number of carboxylic acid groups (broad SMARTS) is 1. The van der Waals surface area contributed by atoms with Crippen molar-refractivity contribution in [3.8, 4) is 0 Å². The van der Waals surface area contributed by atoms with Gasteiger partial charge in [0.15, 0.2) is 0 Å². The summed E-state index contributed by atoms with van der Waals surface area (Å²) in [5.74, 6) is -1.95. The molecule has 0 aliphatic rings. The molecule has 0 radical (unpaired) electrons. The average molecular weight is 265 g/mol. The van der Waals surface area contributed by atoms with Crippen LogP contribution in [0, 0.1) is 0 Å². The Hall–Kier alpha value is -2.57. The van der Waals surface area contributed by atoms with E-state index in [1.54, 1.807) is 30.3 Å². The number of hydrazine groups is 1. The second kappa shape index (κ2) is 7.00. The van der Waals surface area contributed by atoms with Crippen molar-refractivity contribution in [2.24, 2.45) is 0 Å². The monoisotopic (exact) mass is 265 g/mol. The summed E-state index contributed by atoms with van der Waals surface area (Å²) in [6.07, 6.45) is 0. The molecule has 0 atom stereocenters. The van der Waals surface area contributed by atoms with E-state index in [4.69, 9.17) is 5.11 Å². The first kappa shape index (κ1) is 14.5. The molecule has 0 fully saturated rings. The van der Waals surface area contributed by atoms with Crippen molar-refractivity contribution in [2.45, 2.75) is 6.92 Å². The molecule has 7 heteroatoms. The van der Waals surface area contributed by atoms with Crippen LogP contribution in [0.3, 0.4) is 0 Å². The van der Waals surface area contributed by atoms with Crippen molar-refractivity contribution in [1.29, 1.82) is 0 Å². The van der Waals surface area contributed by atoms with Gasteiger partial charge in [-0.15, -0.1) is 0 Å². The number of nitrogens with one attached hydrogen (secondary N) is 2. The van der Waals surface area contributed by atoms with Gasteiger partial charge in [0, 0.05) is 12.6 Å². The highest BCUT2D eigenvalue weighted by Gasteiger charge is 2.14. The average Bonchev–Trinajstić information content (AvgIpc) is 2.36. The maximum atomic E-state index is 11.6. The molecule has 19 heavy (non-hydrogen) atoms. The fourth-order valence-corrected chi connectivity index (χ4v) is 1.41. The molecule has 2 amide bonds. The number of carboxylic acids is 1. The Morgan fingerprint density at radius 1 is 1.11 bits per heavy atom. The van der Waals surface area contributed by atoms with E-state index in [0.29, 0.717) is 5.69 Å². The first-order valence-electron chi connectivity index (χ1n) is 5.56. The molecule has 0 saturated carbocycles. The van der Waals surface area contributed by atoms with Crippen molar-refractivity contribution < 1.29 is 19.5 Å². The largest absolute Gasteiger partial charge is 0.480 e. The first-order chi connectivity index (χ1) is 8.99. The Kier molecular flexibility index (Phi) is 5.34. The summed E-state index contributed by atoms with van der Waals surface area (Å²) in [6, 6.07) is 8.69. The Balaban J connectivity index is 2.67. The predicted molar refractivity (Wildman–Crippen MR) is 68.3 cm³/mol. The predicted octanol–water partition coefficient (Wildman–Crippen LogP) is -0.255. The Bertz CT molecular complexity index is 461. The van der Waals surface area contributed by atoms with Crippen LogP contribution in [0.4, 0.5) is 5.69 Å². The normalized spacial score (nSPS) is 9.53. The van der Waals surface area contributed by atoms with Crippen LogP contribution in [0.2, 0.25) is 0 Å². The van der Waals surface area contributed by atoms with Crippen LogP contribution in [-0.4, -0.2) is 36.0 Å². The van der Waals surface area contributed by atoms with Crippen LogP contribution >= 0.6 is 0 Å². The molecule has 0 aromatic heterocycles. The number of para-hydroxylation sites is 1. The molecule has 0 saturated heterocycles. The number of hydrogen-bond acceptors (Lipinski definition) is 4. The minimum atomic E-state index is -1.05. The van der Waals surface area contributed by atoms with E-state index in [1.165, 1.54) is 11.8 Å². The van der Waals surface area contributed by atoms with Gasteiger partial charge in [0.05, 0.1) is 6.54 Å². The highest BCUT2D eigenvalue weighted by atomic mass is 16.4. The molecule has 0 aliphatic heterocycles. The van der Waals surface area contributed by atoms with E-state index in [0.717, 1.165) is 0 Å². The van der Waals surface area contributed by atoms with Gasteiger partial charge in [-0.2, -0.15) is 0 Å². The zero-order chi connectivity index (χ0) is 14.3. The van der Waals surface area contributed by atoms with Gasteiger partial charge in [-0.3, -0.25) is 25.2 Å². The molecule has 1 aromatic carbocycles. The van der Waals surface area contributed by atoms with Crippen LogP contribution in [0.5, 0.6) is 0 Å². The van der Waals surface area contributed by atoms with E-state index in [1.807, 2.05) is 0 Å². The number of carbonyl (C=O) groups excluding carboxylic acids is 2. The second-order valence-electron chi connectivity index (χ2n) is 3.81. The van der Waals surface area contributed by atoms with Crippen LogP contribution in [0.15, 0.2) is 30.3 Å². The van der Waals surface area contributed by atoms with Crippen molar-refractivity contribution in [3.63, 3.8) is 0 Å². The molecule has 0 unspecified atom stereocenters. The van der Waals surface area contributed by atoms with Gasteiger partial charge in [0.1, 0.15) is 6.54 Å². The number of nitrogens with zero attached hydrogens (tertiary/aromatic N) is 1. The third-order valence-corrected chi connectivity index (χ3v) is 2.16. The standard InChI is InChI=1S/C12H15N3O4/c1-9(16)13-14-11(17)7-15(8-12(18)19)10-5-3-2-4-6-10/h2-6H,7-8H2,1H3,(H,13,16)(H,14,17)(H,18,19). The third-order valence-electron chi connectivity index (χ3n) is 2.16. The maximum Gasteiger partial charge on any atom is 0.323 e. The minimum absolute atomic E-state index is 0.170. The highest BCUT2D eigenvalue weighted by molar-refractivity contribution is 5.85. The van der Waals surface area contributed by atoms with Gasteiger partial charge < -0.3 is 10.0 Å². The van der Waals surface area contributed by atoms with E-state index in [-0.39, 0.29) is 13.1 Å². The molecule has 1 aromatic rings. The van der Waals surface area contributed by atoms with Gasteiger partial charge in [0.25, 0.3) is 5.91 Å². The molecular formula is C12H15N3O4. The number of benzene rings is 1. The fourth-order valence-electron chi connectivity index (χ4n) is 1.41. The van der Waals surface area contributed by atoms with Gasteiger partial charge in [-0.25, -0.2) is 0 Å². The lowest BCUT2D eigenvalue weighted by atomic mass is 10.3. The summed E-state index contributed by atoms with van der Waals surface area (Å²) in [5.41, 5.74) is 4.94. The van der Waals surface area contributed by atoms with Crippen LogP contribution in [-0.2, 0) is 14.4 Å². The molecule has 1 rings (SSSR count). The van der Waals surface area contributed by atoms with E-state index in [2.05, 4.69) is 10.9 Å². The summed E-state index contributed by atoms with van der Waals surface area (Å²) < 4.78 is 0. The second-order valence-corrected chi connectivity index (χ2v) is 3.81. The zero-order valence-electron chi connectivity index (χ0n) is 10.4. The lowest BCUT2D eigenvalue weighted by Gasteiger charge is -2.22. The fraction of sp³-hybridized carbons (Fsp3) is 0.250. The van der Waals surface area contributed by atoms with Crippen molar-refractivity contribution in [1.82, 2.24) is 10.9 Å². The van der Waals surface area contributed by atoms with Crippen molar-refractivity contribution >= 4 is 23.5 Å². The SMILES string of the molecule is CC(=O)NNC(=O)CN(CC(=O)O)c1ccccc1. The van der Waals surface area contributed by atoms with Crippen LogP contribution < -0.4 is 15.8 Å². The summed E-state index contributed by atoms with van der Waals surface area (Å²) in [6.45, 7) is 0.778. The number of aliphatic carboxylic acids is 1. The number of rotatable bonds is 5. The molecule has 0 aliphatic carbocycles. The third kappa shape index (κ3) is 5.53. The van der Waals surface area contributed by atoms with Crippen LogP contribution in [0.25, 0.3) is 0 Å². The number of anilines is 1. The van der Waals surface area contributed by atoms with Crippen LogP contribution in [0.1, 0.15) is 6.92 Å². The summed E-state index contributed by atoms with van der Waals surface area (Å²) in [5, 5.41) is 8.83. The van der Waals surface area contributed by atoms with Crippen molar-refractivity contribution in [2.75, 3.05) is 18.0 Å². The minimum Gasteiger partial charge on any atom is -0.480 e. The smallest absolute Gasteiger partial charge is 0.323 e. The highest BCUT2D eigenvalue weighted by Crippen LogP contribution is 2.12. The molecule has 102 valence electrons. The maximum absolute atomic E-state index is 11.6. The topological polar surface area (TPSA) is 98.7 Å². The van der Waals surface area contributed by atoms with E-state index < -0.39 is 17.8 Å². The lowest BCUT2D eigenvalue weighted by molar-refractivity contribution is -0.135. The summed E-state index contributed by atoms with van der Waals surface area (Å²) in [7, 11) is 0. The molecule has 0 bridgehead atoms. The zero-order valence-corrected chi connectivity index (χ0v) is 10.4. The van der Waals surface area contributed by atoms with Gasteiger partial charge >= 0.3 is 5.97 Å². The number of amides is 2. The Labute approximate surface area is 110 Å². The quantitative estimate of drug-likeness (QED) is 0.637. The van der Waals surface area contributed by atoms with Gasteiger partial charge in [-0.1, -0.05) is 18.2 Å². The van der Waals surface area contributed by atoms with Gasteiger partial charge in [-0.05, 0) is 12.1 Å². The summed E-state index contributed by atoms with van der Waals surface area (Å²) >= 11 is 0. The van der Waals surface area contributed by atoms with E-state index in [9.17, 15) is 14.4 Å². The molecule has 0 heterocycles. The Morgan fingerprint density at radius 2 is 1.74 bits per heavy atom. The molecule has 3 N–H and O–H groups in total. The molecule has 0 spiro atoms. The molecule has 7 nitrogen and oxygen atoms in total. The van der Waals surface area contributed by atoms with E-state index >= 15 is 0 Å². The Morgan fingerprint density at radius 3 is 2.26 bits per heavy atom. The molecular weight excluding hydrogens is 250 g/mol. The number of hydrogen-bond donors (Lipinski definition) is 3. The van der Waals surface area contributed by atoms with Crippen molar-refractivity contribution in [3.05, 3.63) is 30.3 Å². The summed E-state index contributed by atoms with van der Waals surface area (Å²) in [4.78, 5) is 34.4. The lowest BCUT2D eigenvalue weighted by Crippen LogP contribution is -2.46. The van der Waals surface area contributed by atoms with Gasteiger partial charge in [0.2, 0.25) is 5.91 Å². The number of carbonyl (C=O) groups is 3. The first-order valence-corrected chi connectivity index (χ1v) is 5.56.